The number of carbonyl (C=O) groups is 3. The van der Waals surface area contributed by atoms with Crippen molar-refractivity contribution in [3.8, 4) is 0 Å². The summed E-state index contributed by atoms with van der Waals surface area (Å²) in [5.74, 6) is -0.872. The zero-order valence-electron chi connectivity index (χ0n) is 13.0. The zero-order valence-corrected chi connectivity index (χ0v) is 13.0. The fourth-order valence-electron chi connectivity index (χ4n) is 3.25. The first-order valence-electron chi connectivity index (χ1n) is 7.67. The number of fused-ring (bicyclic) bond motifs is 1. The molecule has 2 aliphatic rings. The summed E-state index contributed by atoms with van der Waals surface area (Å²) in [6.07, 6.45) is 2.61. The van der Waals surface area contributed by atoms with Gasteiger partial charge in [-0.05, 0) is 25.5 Å². The van der Waals surface area contributed by atoms with Gasteiger partial charge in [0.1, 0.15) is 12.1 Å². The van der Waals surface area contributed by atoms with Gasteiger partial charge in [-0.25, -0.2) is 9.59 Å². The number of pyridine rings is 1. The van der Waals surface area contributed by atoms with Crippen LogP contribution in [0.4, 0.5) is 9.59 Å². The van der Waals surface area contributed by atoms with Crippen molar-refractivity contribution >= 4 is 18.0 Å². The molecule has 0 bridgehead atoms. The minimum Gasteiger partial charge on any atom is -0.330 e. The normalized spacial score (nSPS) is 27.4. The fourth-order valence-corrected chi connectivity index (χ4v) is 3.25. The van der Waals surface area contributed by atoms with E-state index < -0.39 is 24.2 Å². The Morgan fingerprint density at radius 2 is 1.96 bits per heavy atom. The van der Waals surface area contributed by atoms with Crippen molar-refractivity contribution in [2.24, 2.45) is 5.92 Å². The lowest BCUT2D eigenvalue weighted by atomic mass is 9.86. The number of amides is 5. The number of rotatable bonds is 3. The molecule has 2 fully saturated rings. The van der Waals surface area contributed by atoms with Crippen molar-refractivity contribution in [2.75, 3.05) is 13.1 Å². The van der Waals surface area contributed by atoms with Gasteiger partial charge in [0, 0.05) is 25.5 Å². The van der Waals surface area contributed by atoms with Crippen molar-refractivity contribution in [2.45, 2.75) is 26.1 Å². The molecule has 2 aliphatic heterocycles. The molecule has 2 saturated heterocycles. The Hall–Kier alpha value is -2.64. The maximum absolute atomic E-state index is 12.8. The summed E-state index contributed by atoms with van der Waals surface area (Å²) in [7, 11) is 0. The molecule has 0 saturated carbocycles. The molecule has 3 atom stereocenters. The first-order chi connectivity index (χ1) is 11.1. The van der Waals surface area contributed by atoms with E-state index in [-0.39, 0.29) is 11.9 Å². The Bertz CT molecular complexity index is 635. The highest BCUT2D eigenvalue weighted by atomic mass is 16.2. The molecule has 3 heterocycles. The van der Waals surface area contributed by atoms with Crippen LogP contribution in [0.2, 0.25) is 0 Å². The molecule has 23 heavy (non-hydrogen) atoms. The summed E-state index contributed by atoms with van der Waals surface area (Å²) < 4.78 is 0. The molecule has 0 radical (unpaired) electrons. The maximum atomic E-state index is 12.8. The Morgan fingerprint density at radius 3 is 2.57 bits per heavy atom. The van der Waals surface area contributed by atoms with E-state index in [0.29, 0.717) is 13.1 Å². The fraction of sp³-hybridized carbons (Fsp3) is 0.467. The number of hydrogen-bond donors (Lipinski definition) is 2. The number of carbonyl (C=O) groups excluding carboxylic acids is 3. The number of aromatic nitrogens is 1. The van der Waals surface area contributed by atoms with E-state index in [1.165, 1.54) is 9.80 Å². The van der Waals surface area contributed by atoms with Crippen molar-refractivity contribution in [1.29, 1.82) is 0 Å². The van der Waals surface area contributed by atoms with Crippen LogP contribution in [0.3, 0.4) is 0 Å². The second-order valence-electron chi connectivity index (χ2n) is 5.50. The van der Waals surface area contributed by atoms with E-state index in [1.807, 2.05) is 13.0 Å². The lowest BCUT2D eigenvalue weighted by molar-refractivity contribution is -0.141. The van der Waals surface area contributed by atoms with Gasteiger partial charge in [-0.1, -0.05) is 6.07 Å². The Balaban J connectivity index is 2.04. The molecule has 0 spiro atoms. The average molecular weight is 317 g/mol. The Labute approximate surface area is 133 Å². The van der Waals surface area contributed by atoms with Crippen molar-refractivity contribution in [1.82, 2.24) is 25.4 Å². The Morgan fingerprint density at radius 1 is 1.17 bits per heavy atom. The molecule has 3 unspecified atom stereocenters. The van der Waals surface area contributed by atoms with E-state index in [0.717, 1.165) is 5.56 Å². The number of nitrogens with zero attached hydrogens (tertiary/aromatic N) is 3. The largest absolute Gasteiger partial charge is 0.330 e. The van der Waals surface area contributed by atoms with Gasteiger partial charge >= 0.3 is 12.1 Å². The second kappa shape index (κ2) is 5.86. The molecule has 122 valence electrons. The van der Waals surface area contributed by atoms with Crippen LogP contribution in [0.15, 0.2) is 24.5 Å². The van der Waals surface area contributed by atoms with Gasteiger partial charge in [0.2, 0.25) is 5.91 Å². The van der Waals surface area contributed by atoms with Crippen LogP contribution in [-0.4, -0.2) is 52.0 Å². The summed E-state index contributed by atoms with van der Waals surface area (Å²) in [6, 6.07) is 2.28. The molecular weight excluding hydrogens is 298 g/mol. The highest BCUT2D eigenvalue weighted by Gasteiger charge is 2.52. The predicted octanol–water partition coefficient (Wildman–Crippen LogP) is 0.682. The number of urea groups is 2. The molecule has 5 amide bonds. The molecule has 0 aromatic carbocycles. The molecule has 1 aromatic heterocycles. The van der Waals surface area contributed by atoms with Crippen LogP contribution in [0, 0.1) is 5.92 Å². The van der Waals surface area contributed by atoms with Crippen LogP contribution < -0.4 is 10.6 Å². The molecule has 2 N–H and O–H groups in total. The van der Waals surface area contributed by atoms with Gasteiger partial charge in [0.25, 0.3) is 0 Å². The summed E-state index contributed by atoms with van der Waals surface area (Å²) in [5, 5.41) is 5.50. The summed E-state index contributed by atoms with van der Waals surface area (Å²) in [5.41, 5.74) is 0.743. The first kappa shape index (κ1) is 15.3. The van der Waals surface area contributed by atoms with E-state index in [4.69, 9.17) is 0 Å². The van der Waals surface area contributed by atoms with Crippen LogP contribution in [0.1, 0.15) is 25.5 Å². The second-order valence-corrected chi connectivity index (χ2v) is 5.50. The van der Waals surface area contributed by atoms with Crippen LogP contribution in [-0.2, 0) is 4.79 Å². The van der Waals surface area contributed by atoms with Crippen LogP contribution in [0.25, 0.3) is 0 Å². The number of imide groups is 1. The molecule has 1 aromatic rings. The topological polar surface area (TPSA) is 94.6 Å². The third-order valence-electron chi connectivity index (χ3n) is 4.33. The maximum Gasteiger partial charge on any atom is 0.328 e. The van der Waals surface area contributed by atoms with Gasteiger partial charge < -0.3 is 15.5 Å². The molecular formula is C15H19N5O3. The minimum absolute atomic E-state index is 0.284. The van der Waals surface area contributed by atoms with E-state index >= 15 is 0 Å². The Kier molecular flexibility index (Phi) is 3.89. The number of nitrogens with one attached hydrogen (secondary N) is 2. The molecule has 3 rings (SSSR count). The highest BCUT2D eigenvalue weighted by molar-refractivity contribution is 6.00. The van der Waals surface area contributed by atoms with Gasteiger partial charge in [-0.3, -0.25) is 14.7 Å². The number of hydrogen-bond acceptors (Lipinski definition) is 4. The van der Waals surface area contributed by atoms with Gasteiger partial charge in [-0.15, -0.1) is 0 Å². The zero-order chi connectivity index (χ0) is 16.6. The van der Waals surface area contributed by atoms with Crippen molar-refractivity contribution in [3.63, 3.8) is 0 Å². The lowest BCUT2D eigenvalue weighted by Crippen LogP contribution is -2.72. The standard InChI is InChI=1S/C15H19N5O3/c1-3-19-12-10(13(21)20(4-2)15(19)23)11(17-14(22)18-12)9-6-5-7-16-8-9/h5-8,10-12H,3-4H2,1-2H3,(H2,17,18,22). The summed E-state index contributed by atoms with van der Waals surface area (Å²) in [4.78, 5) is 44.1. The third-order valence-corrected chi connectivity index (χ3v) is 4.33. The first-order valence-corrected chi connectivity index (χ1v) is 7.67. The predicted molar refractivity (Wildman–Crippen MR) is 81.1 cm³/mol. The lowest BCUT2D eigenvalue weighted by Gasteiger charge is -2.49. The summed E-state index contributed by atoms with van der Waals surface area (Å²) in [6.45, 7) is 4.29. The quantitative estimate of drug-likeness (QED) is 0.857. The monoisotopic (exact) mass is 317 g/mol. The summed E-state index contributed by atoms with van der Waals surface area (Å²) >= 11 is 0. The smallest absolute Gasteiger partial charge is 0.328 e. The van der Waals surface area contributed by atoms with E-state index in [1.54, 1.807) is 25.4 Å². The van der Waals surface area contributed by atoms with Gasteiger partial charge in [-0.2, -0.15) is 0 Å². The van der Waals surface area contributed by atoms with Crippen LogP contribution >= 0.6 is 0 Å². The molecule has 0 aliphatic carbocycles. The van der Waals surface area contributed by atoms with Crippen LogP contribution in [0.5, 0.6) is 0 Å². The molecule has 8 nitrogen and oxygen atoms in total. The molecule has 8 heteroatoms. The SMILES string of the molecule is CCN1C(=O)C2C(c3cccnc3)NC(=O)NC2N(CC)C1=O. The van der Waals surface area contributed by atoms with E-state index in [2.05, 4.69) is 15.6 Å². The highest BCUT2D eigenvalue weighted by Crippen LogP contribution is 2.34. The van der Waals surface area contributed by atoms with Gasteiger partial charge in [0.15, 0.2) is 0 Å². The average Bonchev–Trinajstić information content (AvgIpc) is 2.55. The van der Waals surface area contributed by atoms with E-state index in [9.17, 15) is 14.4 Å². The van der Waals surface area contributed by atoms with Crippen molar-refractivity contribution < 1.29 is 14.4 Å². The minimum atomic E-state index is -0.651. The van der Waals surface area contributed by atoms with Crippen molar-refractivity contribution in [3.05, 3.63) is 30.1 Å². The third kappa shape index (κ3) is 2.39. The van der Waals surface area contributed by atoms with Gasteiger partial charge in [0.05, 0.1) is 6.04 Å².